The average Bonchev–Trinajstić information content (AvgIpc) is 2.19. The number of rotatable bonds is 7. The van der Waals surface area contributed by atoms with Crippen LogP contribution in [0.5, 0.6) is 0 Å². The topological polar surface area (TPSA) is 75.6 Å². The zero-order valence-electron chi connectivity index (χ0n) is 11.9. The van der Waals surface area contributed by atoms with Crippen LogP contribution >= 0.6 is 0 Å². The number of carbonyl (C=O) groups is 2. The molecule has 0 saturated heterocycles. The molecule has 2 N–H and O–H groups in total. The second-order valence-corrected chi connectivity index (χ2v) is 5.96. The highest BCUT2D eigenvalue weighted by Crippen LogP contribution is 2.24. The minimum atomic E-state index is -0.880. The number of ether oxygens (including phenoxy) is 1. The zero-order valence-corrected chi connectivity index (χ0v) is 11.9. The van der Waals surface area contributed by atoms with Crippen molar-refractivity contribution in [1.29, 1.82) is 0 Å². The Labute approximate surface area is 109 Å². The van der Waals surface area contributed by atoms with E-state index in [1.54, 1.807) is 0 Å². The largest absolute Gasteiger partial charge is 0.481 e. The lowest BCUT2D eigenvalue weighted by Gasteiger charge is -2.23. The van der Waals surface area contributed by atoms with Gasteiger partial charge < -0.3 is 15.2 Å². The van der Waals surface area contributed by atoms with Gasteiger partial charge >= 0.3 is 5.97 Å². The molecule has 5 heteroatoms. The third kappa shape index (κ3) is 8.98. The van der Waals surface area contributed by atoms with Crippen LogP contribution in [0.1, 0.15) is 41.0 Å². The summed E-state index contributed by atoms with van der Waals surface area (Å²) in [7, 11) is 0. The number of aliphatic carboxylic acids is 1. The van der Waals surface area contributed by atoms with Gasteiger partial charge in [0.1, 0.15) is 6.61 Å². The summed E-state index contributed by atoms with van der Waals surface area (Å²) in [6, 6.07) is 0. The molecular formula is C13H25NO4. The van der Waals surface area contributed by atoms with E-state index in [4.69, 9.17) is 9.84 Å². The molecule has 0 aliphatic rings. The normalized spacial score (nSPS) is 13.4. The fourth-order valence-corrected chi connectivity index (χ4v) is 1.52. The molecule has 1 unspecified atom stereocenters. The van der Waals surface area contributed by atoms with Gasteiger partial charge in [-0.25, -0.2) is 0 Å². The Bertz CT molecular complexity index is 281. The SMILES string of the molecule is CC(C)OCC(=O)NCC(CC(C)(C)C)C(=O)O. The van der Waals surface area contributed by atoms with Gasteiger partial charge in [-0.1, -0.05) is 20.8 Å². The van der Waals surface area contributed by atoms with Crippen LogP contribution < -0.4 is 5.32 Å². The van der Waals surface area contributed by atoms with E-state index in [1.807, 2.05) is 34.6 Å². The number of nitrogens with one attached hydrogen (secondary N) is 1. The predicted octanol–water partition coefficient (Wildman–Crippen LogP) is 1.66. The van der Waals surface area contributed by atoms with Crippen LogP contribution in [0.25, 0.3) is 0 Å². The van der Waals surface area contributed by atoms with Gasteiger partial charge in [-0.3, -0.25) is 9.59 Å². The molecule has 0 radical (unpaired) electrons. The van der Waals surface area contributed by atoms with Crippen LogP contribution in [0, 0.1) is 11.3 Å². The summed E-state index contributed by atoms with van der Waals surface area (Å²) >= 11 is 0. The van der Waals surface area contributed by atoms with Gasteiger partial charge in [-0.2, -0.15) is 0 Å². The molecule has 0 rings (SSSR count). The smallest absolute Gasteiger partial charge is 0.308 e. The van der Waals surface area contributed by atoms with Gasteiger partial charge in [0, 0.05) is 6.54 Å². The molecule has 0 spiro atoms. The molecule has 0 bridgehead atoms. The van der Waals surface area contributed by atoms with Crippen molar-refractivity contribution in [3.8, 4) is 0 Å². The van der Waals surface area contributed by atoms with E-state index in [2.05, 4.69) is 5.32 Å². The number of carboxylic acid groups (broad SMARTS) is 1. The first-order valence-electron chi connectivity index (χ1n) is 6.23. The lowest BCUT2D eigenvalue weighted by atomic mass is 9.84. The predicted molar refractivity (Wildman–Crippen MR) is 69.3 cm³/mol. The van der Waals surface area contributed by atoms with E-state index >= 15 is 0 Å². The minimum absolute atomic E-state index is 0.0133. The summed E-state index contributed by atoms with van der Waals surface area (Å²) in [5.41, 5.74) is -0.0811. The first-order valence-corrected chi connectivity index (χ1v) is 6.23. The van der Waals surface area contributed by atoms with Gasteiger partial charge in [-0.15, -0.1) is 0 Å². The maximum atomic E-state index is 11.4. The third-order valence-corrected chi connectivity index (χ3v) is 2.30. The Balaban J connectivity index is 4.12. The van der Waals surface area contributed by atoms with E-state index in [9.17, 15) is 9.59 Å². The second kappa shape index (κ2) is 7.36. The molecule has 5 nitrogen and oxygen atoms in total. The molecule has 0 saturated carbocycles. The summed E-state index contributed by atoms with van der Waals surface area (Å²) in [6.45, 7) is 9.73. The number of carboxylic acids is 1. The zero-order chi connectivity index (χ0) is 14.3. The fourth-order valence-electron chi connectivity index (χ4n) is 1.52. The Morgan fingerprint density at radius 1 is 1.28 bits per heavy atom. The molecule has 0 fully saturated rings. The summed E-state index contributed by atoms with van der Waals surface area (Å²) < 4.78 is 5.14. The lowest BCUT2D eigenvalue weighted by Crippen LogP contribution is -2.37. The van der Waals surface area contributed by atoms with Crippen molar-refractivity contribution in [2.45, 2.75) is 47.1 Å². The van der Waals surface area contributed by atoms with Gasteiger partial charge in [0.2, 0.25) is 5.91 Å². The minimum Gasteiger partial charge on any atom is -0.481 e. The quantitative estimate of drug-likeness (QED) is 0.729. The van der Waals surface area contributed by atoms with Crippen molar-refractivity contribution in [1.82, 2.24) is 5.32 Å². The standard InChI is InChI=1S/C13H25NO4/c1-9(2)18-8-11(15)14-7-10(12(16)17)6-13(3,4)5/h9-10H,6-8H2,1-5H3,(H,14,15)(H,16,17). The van der Waals surface area contributed by atoms with Crippen LogP contribution in [-0.2, 0) is 14.3 Å². The molecule has 0 aromatic rings. The van der Waals surface area contributed by atoms with Gasteiger partial charge in [0.05, 0.1) is 12.0 Å². The van der Waals surface area contributed by atoms with Crippen LogP contribution in [0.4, 0.5) is 0 Å². The van der Waals surface area contributed by atoms with E-state index in [0.717, 1.165) is 0 Å². The maximum Gasteiger partial charge on any atom is 0.308 e. The number of carbonyl (C=O) groups excluding carboxylic acids is 1. The van der Waals surface area contributed by atoms with Crippen molar-refractivity contribution >= 4 is 11.9 Å². The van der Waals surface area contributed by atoms with Crippen molar-refractivity contribution in [3.63, 3.8) is 0 Å². The molecule has 1 atom stereocenters. The van der Waals surface area contributed by atoms with Crippen LogP contribution in [0.2, 0.25) is 0 Å². The first kappa shape index (κ1) is 16.9. The highest BCUT2D eigenvalue weighted by molar-refractivity contribution is 5.78. The van der Waals surface area contributed by atoms with Gasteiger partial charge in [-0.05, 0) is 25.7 Å². The molecule has 0 aromatic carbocycles. The molecule has 0 aliphatic heterocycles. The van der Waals surface area contributed by atoms with Crippen LogP contribution in [-0.4, -0.2) is 36.2 Å². The van der Waals surface area contributed by atoms with Crippen LogP contribution in [0.15, 0.2) is 0 Å². The number of hydrogen-bond acceptors (Lipinski definition) is 3. The van der Waals surface area contributed by atoms with Gasteiger partial charge in [0.15, 0.2) is 0 Å². The molecule has 1 amide bonds. The monoisotopic (exact) mass is 259 g/mol. The summed E-state index contributed by atoms with van der Waals surface area (Å²) in [5, 5.41) is 11.7. The van der Waals surface area contributed by atoms with E-state index in [0.29, 0.717) is 6.42 Å². The highest BCUT2D eigenvalue weighted by atomic mass is 16.5. The Kier molecular flexibility index (Phi) is 6.91. The Morgan fingerprint density at radius 2 is 1.83 bits per heavy atom. The molecule has 0 aliphatic carbocycles. The maximum absolute atomic E-state index is 11.4. The number of amides is 1. The third-order valence-electron chi connectivity index (χ3n) is 2.30. The molecular weight excluding hydrogens is 234 g/mol. The summed E-state index contributed by atoms with van der Waals surface area (Å²) in [6.07, 6.45) is 0.508. The first-order chi connectivity index (χ1) is 8.11. The molecule has 0 aromatic heterocycles. The van der Waals surface area contributed by atoms with E-state index in [-0.39, 0.29) is 30.6 Å². The van der Waals surface area contributed by atoms with E-state index < -0.39 is 11.9 Å². The van der Waals surface area contributed by atoms with Crippen molar-refractivity contribution in [2.75, 3.05) is 13.2 Å². The molecule has 18 heavy (non-hydrogen) atoms. The molecule has 0 heterocycles. The molecule has 106 valence electrons. The highest BCUT2D eigenvalue weighted by Gasteiger charge is 2.24. The number of hydrogen-bond donors (Lipinski definition) is 2. The summed E-state index contributed by atoms with van der Waals surface area (Å²) in [4.78, 5) is 22.5. The fraction of sp³-hybridized carbons (Fsp3) is 0.846. The lowest BCUT2D eigenvalue weighted by molar-refractivity contribution is -0.142. The van der Waals surface area contributed by atoms with Crippen molar-refractivity contribution in [2.24, 2.45) is 11.3 Å². The van der Waals surface area contributed by atoms with Crippen molar-refractivity contribution < 1.29 is 19.4 Å². The Hall–Kier alpha value is -1.10. The van der Waals surface area contributed by atoms with Gasteiger partial charge in [0.25, 0.3) is 0 Å². The second-order valence-electron chi connectivity index (χ2n) is 5.96. The van der Waals surface area contributed by atoms with Crippen molar-refractivity contribution in [3.05, 3.63) is 0 Å². The summed E-state index contributed by atoms with van der Waals surface area (Å²) in [5.74, 6) is -1.72. The average molecular weight is 259 g/mol. The van der Waals surface area contributed by atoms with Crippen LogP contribution in [0.3, 0.4) is 0 Å². The Morgan fingerprint density at radius 3 is 2.22 bits per heavy atom. The van der Waals surface area contributed by atoms with E-state index in [1.165, 1.54) is 0 Å².